The topological polar surface area (TPSA) is 65.4 Å². The zero-order chi connectivity index (χ0) is 15.1. The van der Waals surface area contributed by atoms with Crippen molar-refractivity contribution < 1.29 is 9.53 Å². The van der Waals surface area contributed by atoms with Gasteiger partial charge in [0.05, 0.1) is 24.8 Å². The van der Waals surface area contributed by atoms with Crippen LogP contribution in [0.5, 0.6) is 0 Å². The van der Waals surface area contributed by atoms with Gasteiger partial charge < -0.3 is 10.1 Å². The molecule has 1 aliphatic rings. The van der Waals surface area contributed by atoms with Crippen LogP contribution in [0.2, 0.25) is 0 Å². The van der Waals surface area contributed by atoms with Gasteiger partial charge in [-0.3, -0.25) is 9.69 Å². The van der Waals surface area contributed by atoms with Gasteiger partial charge in [0.2, 0.25) is 5.91 Å². The van der Waals surface area contributed by atoms with E-state index >= 15 is 0 Å². The van der Waals surface area contributed by atoms with Gasteiger partial charge >= 0.3 is 0 Å². The number of amides is 1. The first kappa shape index (κ1) is 15.5. The number of carbonyl (C=O) groups excluding carboxylic acids is 1. The number of nitrogens with zero attached hydrogens (tertiary/aromatic N) is 2. The van der Waals surface area contributed by atoms with E-state index in [-0.39, 0.29) is 5.91 Å². The third-order valence-corrected chi connectivity index (χ3v) is 3.65. The first-order valence-electron chi connectivity index (χ1n) is 7.31. The molecule has 1 aliphatic heterocycles. The standard InChI is InChI=1S/C16H21N3O2/c1-13-12-21-10-9-19(13)8-2-3-16(20)18-15-6-4-14(11-17)5-7-15/h4-7,13H,2-3,8-10,12H2,1H3,(H,18,20). The van der Waals surface area contributed by atoms with Gasteiger partial charge in [-0.25, -0.2) is 0 Å². The second-order valence-electron chi connectivity index (χ2n) is 5.30. The van der Waals surface area contributed by atoms with E-state index in [0.29, 0.717) is 18.0 Å². The van der Waals surface area contributed by atoms with E-state index in [1.54, 1.807) is 24.3 Å². The summed E-state index contributed by atoms with van der Waals surface area (Å²) in [5.41, 5.74) is 1.33. The molecule has 1 aromatic rings. The molecule has 1 aromatic carbocycles. The third kappa shape index (κ3) is 4.85. The normalized spacial score (nSPS) is 19.0. The maximum Gasteiger partial charge on any atom is 0.224 e. The minimum atomic E-state index is 0.0145. The fourth-order valence-electron chi connectivity index (χ4n) is 2.39. The first-order chi connectivity index (χ1) is 10.2. The summed E-state index contributed by atoms with van der Waals surface area (Å²) in [4.78, 5) is 14.2. The summed E-state index contributed by atoms with van der Waals surface area (Å²) < 4.78 is 5.39. The molecular weight excluding hydrogens is 266 g/mol. The number of hydrogen-bond donors (Lipinski definition) is 1. The summed E-state index contributed by atoms with van der Waals surface area (Å²) in [6.45, 7) is 5.57. The Bertz CT molecular complexity index is 507. The van der Waals surface area contributed by atoms with Gasteiger partial charge in [-0.1, -0.05) is 0 Å². The van der Waals surface area contributed by atoms with Crippen molar-refractivity contribution in [1.82, 2.24) is 4.90 Å². The molecule has 5 heteroatoms. The summed E-state index contributed by atoms with van der Waals surface area (Å²) >= 11 is 0. The second-order valence-corrected chi connectivity index (χ2v) is 5.30. The van der Waals surface area contributed by atoms with E-state index in [1.807, 2.05) is 0 Å². The number of rotatable bonds is 5. The van der Waals surface area contributed by atoms with E-state index < -0.39 is 0 Å². The molecule has 0 aromatic heterocycles. The lowest BCUT2D eigenvalue weighted by Gasteiger charge is -2.33. The molecule has 0 saturated carbocycles. The van der Waals surface area contributed by atoms with Crippen LogP contribution in [0, 0.1) is 11.3 Å². The smallest absolute Gasteiger partial charge is 0.224 e. The van der Waals surface area contributed by atoms with Gasteiger partial charge in [0.25, 0.3) is 0 Å². The highest BCUT2D eigenvalue weighted by atomic mass is 16.5. The number of nitrogens with one attached hydrogen (secondary N) is 1. The van der Waals surface area contributed by atoms with Crippen molar-refractivity contribution in [3.63, 3.8) is 0 Å². The number of benzene rings is 1. The van der Waals surface area contributed by atoms with Crippen LogP contribution in [0.15, 0.2) is 24.3 Å². The molecule has 2 rings (SSSR count). The van der Waals surface area contributed by atoms with Crippen molar-refractivity contribution in [2.75, 3.05) is 31.6 Å². The first-order valence-corrected chi connectivity index (χ1v) is 7.31. The lowest BCUT2D eigenvalue weighted by atomic mass is 10.2. The predicted molar refractivity (Wildman–Crippen MR) is 80.9 cm³/mol. The van der Waals surface area contributed by atoms with Crippen molar-refractivity contribution in [3.8, 4) is 6.07 Å². The van der Waals surface area contributed by atoms with E-state index in [0.717, 1.165) is 38.4 Å². The molecule has 1 atom stereocenters. The molecule has 1 fully saturated rings. The quantitative estimate of drug-likeness (QED) is 0.899. The Labute approximate surface area is 125 Å². The highest BCUT2D eigenvalue weighted by molar-refractivity contribution is 5.90. The van der Waals surface area contributed by atoms with E-state index in [4.69, 9.17) is 10.00 Å². The number of nitriles is 1. The van der Waals surface area contributed by atoms with Gasteiger partial charge in [-0.2, -0.15) is 5.26 Å². The van der Waals surface area contributed by atoms with Gasteiger partial charge in [0.15, 0.2) is 0 Å². The van der Waals surface area contributed by atoms with Crippen LogP contribution >= 0.6 is 0 Å². The molecule has 1 heterocycles. The Morgan fingerprint density at radius 1 is 1.48 bits per heavy atom. The molecule has 1 amide bonds. The average molecular weight is 287 g/mol. The molecule has 112 valence electrons. The summed E-state index contributed by atoms with van der Waals surface area (Å²) in [5.74, 6) is 0.0145. The van der Waals surface area contributed by atoms with E-state index in [9.17, 15) is 4.79 Å². The number of anilines is 1. The van der Waals surface area contributed by atoms with Gasteiger partial charge in [-0.15, -0.1) is 0 Å². The van der Waals surface area contributed by atoms with Crippen molar-refractivity contribution in [2.45, 2.75) is 25.8 Å². The summed E-state index contributed by atoms with van der Waals surface area (Å²) in [5, 5.41) is 11.6. The van der Waals surface area contributed by atoms with E-state index in [2.05, 4.69) is 23.2 Å². The number of morpholine rings is 1. The fraction of sp³-hybridized carbons (Fsp3) is 0.500. The van der Waals surface area contributed by atoms with E-state index in [1.165, 1.54) is 0 Å². The molecular formula is C16H21N3O2. The Balaban J connectivity index is 1.70. The van der Waals surface area contributed by atoms with Crippen LogP contribution in [0.4, 0.5) is 5.69 Å². The molecule has 1 unspecified atom stereocenters. The highest BCUT2D eigenvalue weighted by Crippen LogP contribution is 2.11. The molecule has 21 heavy (non-hydrogen) atoms. The largest absolute Gasteiger partial charge is 0.379 e. The molecule has 0 aliphatic carbocycles. The van der Waals surface area contributed by atoms with Crippen molar-refractivity contribution in [2.24, 2.45) is 0 Å². The number of hydrogen-bond acceptors (Lipinski definition) is 4. The molecule has 0 radical (unpaired) electrons. The van der Waals surface area contributed by atoms with Crippen LogP contribution < -0.4 is 5.32 Å². The Hall–Kier alpha value is -1.90. The lowest BCUT2D eigenvalue weighted by Crippen LogP contribution is -2.44. The Morgan fingerprint density at radius 2 is 2.24 bits per heavy atom. The zero-order valence-corrected chi connectivity index (χ0v) is 12.3. The highest BCUT2D eigenvalue weighted by Gasteiger charge is 2.18. The Morgan fingerprint density at radius 3 is 2.90 bits per heavy atom. The SMILES string of the molecule is CC1COCCN1CCCC(=O)Nc1ccc(C#N)cc1. The fourth-order valence-corrected chi connectivity index (χ4v) is 2.39. The van der Waals surface area contributed by atoms with Gasteiger partial charge in [-0.05, 0) is 44.2 Å². The third-order valence-electron chi connectivity index (χ3n) is 3.65. The Kier molecular flexibility index (Phi) is 5.73. The van der Waals surface area contributed by atoms with Crippen LogP contribution in [0.25, 0.3) is 0 Å². The van der Waals surface area contributed by atoms with Crippen molar-refractivity contribution in [1.29, 1.82) is 5.26 Å². The second kappa shape index (κ2) is 7.77. The summed E-state index contributed by atoms with van der Waals surface area (Å²) in [6, 6.07) is 9.38. The van der Waals surface area contributed by atoms with Gasteiger partial charge in [0, 0.05) is 24.7 Å². The molecule has 0 bridgehead atoms. The molecule has 5 nitrogen and oxygen atoms in total. The zero-order valence-electron chi connectivity index (χ0n) is 12.3. The van der Waals surface area contributed by atoms with Crippen molar-refractivity contribution >= 4 is 11.6 Å². The van der Waals surface area contributed by atoms with Crippen LogP contribution in [0.3, 0.4) is 0 Å². The maximum absolute atomic E-state index is 11.9. The molecule has 0 spiro atoms. The molecule has 1 saturated heterocycles. The predicted octanol–water partition coefficient (Wildman–Crippen LogP) is 2.00. The summed E-state index contributed by atoms with van der Waals surface area (Å²) in [6.07, 6.45) is 1.34. The minimum Gasteiger partial charge on any atom is -0.379 e. The van der Waals surface area contributed by atoms with Crippen LogP contribution in [0.1, 0.15) is 25.3 Å². The minimum absolute atomic E-state index is 0.0145. The van der Waals surface area contributed by atoms with Crippen molar-refractivity contribution in [3.05, 3.63) is 29.8 Å². The monoisotopic (exact) mass is 287 g/mol. The number of ether oxygens (including phenoxy) is 1. The lowest BCUT2D eigenvalue weighted by molar-refractivity contribution is -0.116. The number of carbonyl (C=O) groups is 1. The maximum atomic E-state index is 11.9. The van der Waals surface area contributed by atoms with Crippen LogP contribution in [-0.2, 0) is 9.53 Å². The van der Waals surface area contributed by atoms with Gasteiger partial charge in [0.1, 0.15) is 0 Å². The van der Waals surface area contributed by atoms with Crippen LogP contribution in [-0.4, -0.2) is 43.2 Å². The molecule has 1 N–H and O–H groups in total. The average Bonchev–Trinajstić information content (AvgIpc) is 2.50. The summed E-state index contributed by atoms with van der Waals surface area (Å²) in [7, 11) is 0.